The maximum atomic E-state index is 12.1. The highest BCUT2D eigenvalue weighted by Gasteiger charge is 2.15. The van der Waals surface area contributed by atoms with E-state index in [1.807, 2.05) is 0 Å². The number of rotatable bonds is 5. The van der Waals surface area contributed by atoms with Gasteiger partial charge in [0.1, 0.15) is 11.1 Å². The minimum absolute atomic E-state index is 0.179. The fraction of sp³-hybridized carbons (Fsp3) is 0.0909. The van der Waals surface area contributed by atoms with Gasteiger partial charge in [-0.2, -0.15) is 0 Å². The second kappa shape index (κ2) is 9.92. The lowest BCUT2D eigenvalue weighted by molar-refractivity contribution is 0.0552. The Balaban J connectivity index is 1.30. The number of carbonyl (C=O) groups is 1. The molecule has 2 aromatic heterocycles. The topological polar surface area (TPSA) is 95.4 Å². The molecular formula is C22H12Cl2N2O5S. The third-order valence-electron chi connectivity index (χ3n) is 4.10. The first-order chi connectivity index (χ1) is 15.5. The van der Waals surface area contributed by atoms with Gasteiger partial charge < -0.3 is 13.6 Å². The van der Waals surface area contributed by atoms with E-state index in [2.05, 4.69) is 22.0 Å². The average molecular weight is 487 g/mol. The zero-order valence-corrected chi connectivity index (χ0v) is 18.5. The summed E-state index contributed by atoms with van der Waals surface area (Å²) in [5.74, 6) is 5.31. The Hall–Kier alpha value is -3.25. The molecule has 0 atom stereocenters. The van der Waals surface area contributed by atoms with E-state index in [0.717, 1.165) is 0 Å². The van der Waals surface area contributed by atoms with E-state index >= 15 is 0 Å². The number of para-hydroxylation sites is 1. The first kappa shape index (κ1) is 22.0. The highest BCUT2D eigenvalue weighted by molar-refractivity contribution is 7.99. The van der Waals surface area contributed by atoms with Crippen LogP contribution in [0.25, 0.3) is 22.4 Å². The average Bonchev–Trinajstić information content (AvgIpc) is 3.24. The number of esters is 1. The Bertz CT molecular complexity index is 1420. The molecule has 2 heterocycles. The van der Waals surface area contributed by atoms with Crippen molar-refractivity contribution < 1.29 is 18.4 Å². The van der Waals surface area contributed by atoms with Gasteiger partial charge in [-0.3, -0.25) is 0 Å². The molecule has 0 saturated heterocycles. The molecule has 0 spiro atoms. The van der Waals surface area contributed by atoms with Gasteiger partial charge in [0, 0.05) is 10.4 Å². The van der Waals surface area contributed by atoms with E-state index in [1.54, 1.807) is 42.5 Å². The molecule has 160 valence electrons. The second-order valence-corrected chi connectivity index (χ2v) is 7.97. The molecule has 0 amide bonds. The van der Waals surface area contributed by atoms with Crippen LogP contribution in [-0.4, -0.2) is 28.5 Å². The van der Waals surface area contributed by atoms with Crippen molar-refractivity contribution in [1.82, 2.24) is 10.2 Å². The molecule has 0 aliphatic heterocycles. The minimum Gasteiger partial charge on any atom is -0.449 e. The zero-order chi connectivity index (χ0) is 22.5. The molecule has 7 nitrogen and oxygen atoms in total. The molecular weight excluding hydrogens is 475 g/mol. The summed E-state index contributed by atoms with van der Waals surface area (Å²) >= 11 is 13.2. The van der Waals surface area contributed by atoms with E-state index < -0.39 is 11.6 Å². The van der Waals surface area contributed by atoms with Gasteiger partial charge in [-0.1, -0.05) is 65.0 Å². The molecule has 0 aliphatic carbocycles. The van der Waals surface area contributed by atoms with Crippen LogP contribution in [0.4, 0.5) is 0 Å². The standard InChI is InChI=1S/C22H12Cl2N2O5S/c23-14-7-8-15(17(24)12-14)19-25-26-22(31-19)32-10-4-3-9-29-20(27)16-11-13-5-1-2-6-18(13)30-21(16)28/h1-2,5-8,11-12H,9-10H2. The molecule has 32 heavy (non-hydrogen) atoms. The SMILES string of the molecule is O=C(OCC#CCSc1nnc(-c2ccc(Cl)cc2Cl)o1)c1cc2ccccc2oc1=O. The molecule has 0 saturated carbocycles. The fourth-order valence-corrected chi connectivity index (χ4v) is 3.65. The third kappa shape index (κ3) is 5.14. The first-order valence-electron chi connectivity index (χ1n) is 9.09. The Labute approximate surface area is 195 Å². The van der Waals surface area contributed by atoms with Crippen molar-refractivity contribution in [2.45, 2.75) is 5.22 Å². The second-order valence-electron chi connectivity index (χ2n) is 6.20. The largest absolute Gasteiger partial charge is 0.449 e. The van der Waals surface area contributed by atoms with E-state index in [1.165, 1.54) is 17.8 Å². The molecule has 0 fully saturated rings. The van der Waals surface area contributed by atoms with Crippen molar-refractivity contribution in [3.05, 3.63) is 74.6 Å². The lowest BCUT2D eigenvalue weighted by Crippen LogP contribution is -2.16. The normalized spacial score (nSPS) is 10.6. The Morgan fingerprint density at radius 2 is 1.91 bits per heavy atom. The highest BCUT2D eigenvalue weighted by Crippen LogP contribution is 2.30. The van der Waals surface area contributed by atoms with E-state index in [4.69, 9.17) is 36.8 Å². The van der Waals surface area contributed by atoms with Crippen molar-refractivity contribution in [3.8, 4) is 23.3 Å². The van der Waals surface area contributed by atoms with Crippen LogP contribution in [0.3, 0.4) is 0 Å². The number of thioether (sulfide) groups is 1. The monoisotopic (exact) mass is 486 g/mol. The van der Waals surface area contributed by atoms with Gasteiger partial charge in [-0.05, 0) is 30.3 Å². The molecule has 0 N–H and O–H groups in total. The number of hydrogen-bond donors (Lipinski definition) is 0. The summed E-state index contributed by atoms with van der Waals surface area (Å²) in [5.41, 5.74) is 0.0318. The van der Waals surface area contributed by atoms with Crippen LogP contribution in [0.2, 0.25) is 10.0 Å². The number of fused-ring (bicyclic) bond motifs is 1. The smallest absolute Gasteiger partial charge is 0.351 e. The molecule has 4 aromatic rings. The van der Waals surface area contributed by atoms with Gasteiger partial charge in [-0.25, -0.2) is 9.59 Å². The van der Waals surface area contributed by atoms with Crippen LogP contribution in [0.1, 0.15) is 10.4 Å². The van der Waals surface area contributed by atoms with Crippen LogP contribution in [0.15, 0.2) is 67.4 Å². The van der Waals surface area contributed by atoms with Crippen molar-refractivity contribution in [2.75, 3.05) is 12.4 Å². The number of carbonyl (C=O) groups excluding carboxylic acids is 1. The third-order valence-corrected chi connectivity index (χ3v) is 5.35. The zero-order valence-electron chi connectivity index (χ0n) is 16.1. The highest BCUT2D eigenvalue weighted by atomic mass is 35.5. The number of benzene rings is 2. The number of hydrogen-bond acceptors (Lipinski definition) is 8. The molecule has 10 heteroatoms. The molecule has 2 aromatic carbocycles. The molecule has 0 radical (unpaired) electrons. The van der Waals surface area contributed by atoms with Crippen LogP contribution >= 0.6 is 35.0 Å². The van der Waals surface area contributed by atoms with Gasteiger partial charge in [0.05, 0.1) is 16.3 Å². The maximum absolute atomic E-state index is 12.1. The first-order valence-corrected chi connectivity index (χ1v) is 10.8. The van der Waals surface area contributed by atoms with Gasteiger partial charge >= 0.3 is 11.6 Å². The van der Waals surface area contributed by atoms with Gasteiger partial charge in [-0.15, -0.1) is 10.2 Å². The summed E-state index contributed by atoms with van der Waals surface area (Å²) in [6, 6.07) is 13.3. The van der Waals surface area contributed by atoms with Gasteiger partial charge in [0.15, 0.2) is 6.61 Å². The Morgan fingerprint density at radius 1 is 1.06 bits per heavy atom. The molecule has 0 unspecified atom stereocenters. The summed E-state index contributed by atoms with van der Waals surface area (Å²) in [6.45, 7) is -0.179. The quantitative estimate of drug-likeness (QED) is 0.166. The van der Waals surface area contributed by atoms with Crippen molar-refractivity contribution in [1.29, 1.82) is 0 Å². The number of nitrogens with zero attached hydrogens (tertiary/aromatic N) is 2. The van der Waals surface area contributed by atoms with Crippen LogP contribution in [0.5, 0.6) is 0 Å². The predicted molar refractivity (Wildman–Crippen MR) is 121 cm³/mol. The Morgan fingerprint density at radius 3 is 2.75 bits per heavy atom. The van der Waals surface area contributed by atoms with Crippen molar-refractivity contribution >= 4 is 51.9 Å². The van der Waals surface area contributed by atoms with E-state index in [-0.39, 0.29) is 18.1 Å². The number of ether oxygens (including phenoxy) is 1. The lowest BCUT2D eigenvalue weighted by Gasteiger charge is -2.01. The van der Waals surface area contributed by atoms with Crippen LogP contribution < -0.4 is 5.63 Å². The molecule has 0 aliphatic rings. The summed E-state index contributed by atoms with van der Waals surface area (Å²) in [5, 5.41) is 9.73. The minimum atomic E-state index is -0.798. The summed E-state index contributed by atoms with van der Waals surface area (Å²) in [4.78, 5) is 24.1. The Kier molecular flexibility index (Phi) is 6.81. The van der Waals surface area contributed by atoms with Crippen LogP contribution in [0, 0.1) is 11.8 Å². The van der Waals surface area contributed by atoms with Crippen molar-refractivity contribution in [3.63, 3.8) is 0 Å². The van der Waals surface area contributed by atoms with E-state index in [9.17, 15) is 9.59 Å². The lowest BCUT2D eigenvalue weighted by atomic mass is 10.2. The maximum Gasteiger partial charge on any atom is 0.351 e. The fourth-order valence-electron chi connectivity index (χ4n) is 2.62. The number of aromatic nitrogens is 2. The number of halogens is 2. The summed E-state index contributed by atoms with van der Waals surface area (Å²) < 4.78 is 15.7. The van der Waals surface area contributed by atoms with E-state index in [0.29, 0.717) is 37.6 Å². The van der Waals surface area contributed by atoms with Crippen LogP contribution in [-0.2, 0) is 4.74 Å². The summed E-state index contributed by atoms with van der Waals surface area (Å²) in [7, 11) is 0. The van der Waals surface area contributed by atoms with Crippen molar-refractivity contribution in [2.24, 2.45) is 0 Å². The predicted octanol–water partition coefficient (Wildman–Crippen LogP) is 5.10. The molecule has 0 bridgehead atoms. The van der Waals surface area contributed by atoms with Gasteiger partial charge in [0.2, 0.25) is 5.89 Å². The summed E-state index contributed by atoms with van der Waals surface area (Å²) in [6.07, 6.45) is 0. The van der Waals surface area contributed by atoms with Gasteiger partial charge in [0.25, 0.3) is 5.22 Å². The molecule has 4 rings (SSSR count).